The van der Waals surface area contributed by atoms with Gasteiger partial charge in [-0.3, -0.25) is 4.79 Å². The summed E-state index contributed by atoms with van der Waals surface area (Å²) in [7, 11) is 0. The highest BCUT2D eigenvalue weighted by Crippen LogP contribution is 2.45. The van der Waals surface area contributed by atoms with E-state index < -0.39 is 11.4 Å². The zero-order valence-electron chi connectivity index (χ0n) is 9.69. The summed E-state index contributed by atoms with van der Waals surface area (Å²) in [5.74, 6) is -0.835. The highest BCUT2D eigenvalue weighted by molar-refractivity contribution is 5.80. The summed E-state index contributed by atoms with van der Waals surface area (Å²) in [6, 6.07) is -0.0313. The van der Waals surface area contributed by atoms with Gasteiger partial charge in [-0.05, 0) is 25.7 Å². The molecule has 2 amide bonds. The molecule has 0 spiro atoms. The Morgan fingerprint density at radius 3 is 2.41 bits per heavy atom. The average molecular weight is 242 g/mol. The summed E-state index contributed by atoms with van der Waals surface area (Å²) in [6.45, 7) is 0.445. The van der Waals surface area contributed by atoms with E-state index in [4.69, 9.17) is 10.2 Å². The lowest BCUT2D eigenvalue weighted by Gasteiger charge is -2.22. The van der Waals surface area contributed by atoms with Gasteiger partial charge in [0.2, 0.25) is 0 Å². The highest BCUT2D eigenvalue weighted by atomic mass is 16.4. The molecular weight excluding hydrogens is 224 g/mol. The van der Waals surface area contributed by atoms with Crippen LogP contribution < -0.4 is 5.32 Å². The number of aliphatic hydroxyl groups is 1. The topological polar surface area (TPSA) is 89.9 Å². The molecule has 0 bridgehead atoms. The molecule has 96 valence electrons. The third-order valence-electron chi connectivity index (χ3n) is 3.47. The smallest absolute Gasteiger partial charge is 0.317 e. The molecular formula is C11H18N2O4. The van der Waals surface area contributed by atoms with E-state index in [1.165, 1.54) is 0 Å². The van der Waals surface area contributed by atoms with Crippen molar-refractivity contribution in [1.82, 2.24) is 10.2 Å². The van der Waals surface area contributed by atoms with Gasteiger partial charge in [-0.15, -0.1) is 0 Å². The predicted octanol–water partition coefficient (Wildman–Crippen LogP) is 0.0175. The summed E-state index contributed by atoms with van der Waals surface area (Å²) < 4.78 is 0. The molecule has 0 aromatic heterocycles. The lowest BCUT2D eigenvalue weighted by atomic mass is 10.1. The third-order valence-corrected chi connectivity index (χ3v) is 3.47. The largest absolute Gasteiger partial charge is 0.481 e. The van der Waals surface area contributed by atoms with Crippen molar-refractivity contribution in [2.24, 2.45) is 5.41 Å². The number of urea groups is 1. The fourth-order valence-electron chi connectivity index (χ4n) is 1.91. The van der Waals surface area contributed by atoms with Crippen LogP contribution in [0.25, 0.3) is 0 Å². The number of aliphatic carboxylic acids is 1. The Balaban J connectivity index is 1.81. The molecule has 3 N–H and O–H groups in total. The Morgan fingerprint density at radius 1 is 1.35 bits per heavy atom. The minimum Gasteiger partial charge on any atom is -0.481 e. The van der Waals surface area contributed by atoms with E-state index in [0.29, 0.717) is 19.4 Å². The Kier molecular flexibility index (Phi) is 3.24. The molecule has 0 atom stereocenters. The number of carbonyl (C=O) groups is 2. The third kappa shape index (κ3) is 2.69. The van der Waals surface area contributed by atoms with Crippen LogP contribution in [0.1, 0.15) is 25.7 Å². The van der Waals surface area contributed by atoms with Gasteiger partial charge < -0.3 is 20.4 Å². The zero-order valence-corrected chi connectivity index (χ0v) is 9.69. The number of carboxylic acids is 1. The zero-order chi connectivity index (χ0) is 12.5. The molecule has 0 radical (unpaired) electrons. The number of hydrogen-bond acceptors (Lipinski definition) is 3. The molecule has 2 fully saturated rings. The van der Waals surface area contributed by atoms with E-state index in [1.807, 2.05) is 0 Å². The van der Waals surface area contributed by atoms with Crippen LogP contribution in [-0.4, -0.2) is 52.9 Å². The van der Waals surface area contributed by atoms with E-state index in [9.17, 15) is 9.59 Å². The number of nitrogens with zero attached hydrogens (tertiary/aromatic N) is 1. The van der Waals surface area contributed by atoms with Crippen LogP contribution in [-0.2, 0) is 4.79 Å². The summed E-state index contributed by atoms with van der Waals surface area (Å²) >= 11 is 0. The first-order chi connectivity index (χ1) is 8.09. The van der Waals surface area contributed by atoms with Crippen LogP contribution in [0.5, 0.6) is 0 Å². The standard InChI is InChI=1S/C11H18N2O4/c14-6-5-13(8-1-2-8)10(17)12-7-11(3-4-11)9(15)16/h8,14H,1-7H2,(H,12,17)(H,15,16). The van der Waals surface area contributed by atoms with E-state index in [1.54, 1.807) is 4.90 Å². The van der Waals surface area contributed by atoms with Crippen LogP contribution in [0, 0.1) is 5.41 Å². The number of aliphatic hydroxyl groups excluding tert-OH is 1. The van der Waals surface area contributed by atoms with Crippen molar-refractivity contribution in [2.45, 2.75) is 31.7 Å². The Labute approximate surface area is 99.6 Å². The molecule has 17 heavy (non-hydrogen) atoms. The Morgan fingerprint density at radius 2 is 2.00 bits per heavy atom. The van der Waals surface area contributed by atoms with Gasteiger partial charge >= 0.3 is 12.0 Å². The lowest BCUT2D eigenvalue weighted by Crippen LogP contribution is -2.45. The van der Waals surface area contributed by atoms with Crippen molar-refractivity contribution >= 4 is 12.0 Å². The van der Waals surface area contributed by atoms with Gasteiger partial charge in [0.05, 0.1) is 12.0 Å². The van der Waals surface area contributed by atoms with E-state index in [2.05, 4.69) is 5.32 Å². The first-order valence-electron chi connectivity index (χ1n) is 5.98. The Bertz CT molecular complexity index is 323. The normalized spacial score (nSPS) is 20.8. The molecule has 0 unspecified atom stereocenters. The fourth-order valence-corrected chi connectivity index (χ4v) is 1.91. The summed E-state index contributed by atoms with van der Waals surface area (Å²) in [6.07, 6.45) is 3.20. The summed E-state index contributed by atoms with van der Waals surface area (Å²) in [5, 5.41) is 20.5. The molecule has 6 nitrogen and oxygen atoms in total. The van der Waals surface area contributed by atoms with Crippen molar-refractivity contribution in [3.8, 4) is 0 Å². The van der Waals surface area contributed by atoms with E-state index in [-0.39, 0.29) is 25.2 Å². The van der Waals surface area contributed by atoms with Gasteiger partial charge in [0.25, 0.3) is 0 Å². The molecule has 0 heterocycles. The monoisotopic (exact) mass is 242 g/mol. The van der Waals surface area contributed by atoms with Crippen molar-refractivity contribution in [1.29, 1.82) is 0 Å². The van der Waals surface area contributed by atoms with Crippen molar-refractivity contribution in [3.05, 3.63) is 0 Å². The minimum absolute atomic E-state index is 0.0615. The first kappa shape index (κ1) is 12.2. The van der Waals surface area contributed by atoms with Crippen LogP contribution in [0.2, 0.25) is 0 Å². The van der Waals surface area contributed by atoms with Gasteiger partial charge in [-0.2, -0.15) is 0 Å². The van der Waals surface area contributed by atoms with Gasteiger partial charge in [0, 0.05) is 19.1 Å². The van der Waals surface area contributed by atoms with Crippen molar-refractivity contribution in [3.63, 3.8) is 0 Å². The maximum Gasteiger partial charge on any atom is 0.317 e. The maximum atomic E-state index is 11.8. The number of carbonyl (C=O) groups excluding carboxylic acids is 1. The second kappa shape index (κ2) is 4.52. The molecule has 6 heteroatoms. The fraction of sp³-hybridized carbons (Fsp3) is 0.818. The number of rotatable bonds is 6. The average Bonchev–Trinajstić information content (AvgIpc) is 3.16. The molecule has 0 aromatic rings. The lowest BCUT2D eigenvalue weighted by molar-refractivity contribution is -0.143. The predicted molar refractivity (Wildman–Crippen MR) is 59.5 cm³/mol. The summed E-state index contributed by atoms with van der Waals surface area (Å²) in [5.41, 5.74) is -0.732. The van der Waals surface area contributed by atoms with Crippen LogP contribution in [0.3, 0.4) is 0 Å². The van der Waals surface area contributed by atoms with Gasteiger partial charge in [0.1, 0.15) is 0 Å². The number of hydrogen-bond donors (Lipinski definition) is 3. The van der Waals surface area contributed by atoms with Crippen LogP contribution in [0.4, 0.5) is 4.79 Å². The Hall–Kier alpha value is -1.30. The highest BCUT2D eigenvalue weighted by Gasteiger charge is 2.50. The maximum absolute atomic E-state index is 11.8. The van der Waals surface area contributed by atoms with Crippen molar-refractivity contribution < 1.29 is 19.8 Å². The molecule has 0 aliphatic heterocycles. The molecule has 2 saturated carbocycles. The number of nitrogens with one attached hydrogen (secondary N) is 1. The molecule has 0 aromatic carbocycles. The molecule has 2 rings (SSSR count). The molecule has 0 saturated heterocycles. The van der Waals surface area contributed by atoms with E-state index in [0.717, 1.165) is 12.8 Å². The SMILES string of the molecule is O=C(NCC1(C(=O)O)CC1)N(CCO)C1CC1. The van der Waals surface area contributed by atoms with Crippen molar-refractivity contribution in [2.75, 3.05) is 19.7 Å². The van der Waals surface area contributed by atoms with Gasteiger partial charge in [0.15, 0.2) is 0 Å². The van der Waals surface area contributed by atoms with E-state index >= 15 is 0 Å². The minimum atomic E-state index is -0.835. The second-order valence-electron chi connectivity index (χ2n) is 4.89. The second-order valence-corrected chi connectivity index (χ2v) is 4.89. The number of carboxylic acid groups (broad SMARTS) is 1. The van der Waals surface area contributed by atoms with Crippen LogP contribution >= 0.6 is 0 Å². The number of amides is 2. The first-order valence-corrected chi connectivity index (χ1v) is 5.98. The van der Waals surface area contributed by atoms with Gasteiger partial charge in [-0.1, -0.05) is 0 Å². The molecule has 2 aliphatic carbocycles. The van der Waals surface area contributed by atoms with Gasteiger partial charge in [-0.25, -0.2) is 4.79 Å². The molecule has 2 aliphatic rings. The summed E-state index contributed by atoms with van der Waals surface area (Å²) in [4.78, 5) is 24.4. The van der Waals surface area contributed by atoms with Crippen LogP contribution in [0.15, 0.2) is 0 Å². The quantitative estimate of drug-likeness (QED) is 0.612.